The Balaban J connectivity index is 1.70. The number of piperazine rings is 1. The molecule has 100 valence electrons. The van der Waals surface area contributed by atoms with Crippen molar-refractivity contribution in [3.63, 3.8) is 0 Å². The molecular formula is C15H18FN3. The first-order valence-electron chi connectivity index (χ1n) is 6.92. The normalized spacial score (nSPS) is 24.1. The van der Waals surface area contributed by atoms with Gasteiger partial charge < -0.3 is 0 Å². The Morgan fingerprint density at radius 3 is 3.05 bits per heavy atom. The smallest absolute Gasteiger partial charge is 0.145 e. The number of nitriles is 1. The third-order valence-electron chi connectivity index (χ3n) is 4.26. The SMILES string of the molecule is N#Cc1cccc(CN2CCN3CCCC3C2)c1F. The number of fused-ring (bicyclic) bond motifs is 1. The Morgan fingerprint density at radius 1 is 1.32 bits per heavy atom. The number of nitrogens with zero attached hydrogens (tertiary/aromatic N) is 3. The van der Waals surface area contributed by atoms with E-state index >= 15 is 0 Å². The average Bonchev–Trinajstić information content (AvgIpc) is 2.88. The summed E-state index contributed by atoms with van der Waals surface area (Å²) in [6.45, 7) is 4.94. The largest absolute Gasteiger partial charge is 0.298 e. The molecule has 0 aromatic heterocycles. The highest BCUT2D eigenvalue weighted by Gasteiger charge is 2.30. The predicted molar refractivity (Wildman–Crippen MR) is 71.0 cm³/mol. The molecule has 0 amide bonds. The quantitative estimate of drug-likeness (QED) is 0.813. The molecule has 0 N–H and O–H groups in total. The van der Waals surface area contributed by atoms with E-state index in [0.29, 0.717) is 18.2 Å². The second-order valence-electron chi connectivity index (χ2n) is 5.46. The van der Waals surface area contributed by atoms with Crippen LogP contribution < -0.4 is 0 Å². The van der Waals surface area contributed by atoms with E-state index in [9.17, 15) is 4.39 Å². The van der Waals surface area contributed by atoms with Gasteiger partial charge in [0.2, 0.25) is 0 Å². The monoisotopic (exact) mass is 259 g/mol. The Labute approximate surface area is 113 Å². The Hall–Kier alpha value is -1.44. The Kier molecular flexibility index (Phi) is 3.50. The maximum Gasteiger partial charge on any atom is 0.145 e. The first-order chi connectivity index (χ1) is 9.28. The lowest BCUT2D eigenvalue weighted by Crippen LogP contribution is -2.49. The van der Waals surface area contributed by atoms with Crippen molar-refractivity contribution in [1.82, 2.24) is 9.80 Å². The second kappa shape index (κ2) is 5.28. The number of hydrogen-bond acceptors (Lipinski definition) is 3. The molecule has 1 atom stereocenters. The van der Waals surface area contributed by atoms with Crippen molar-refractivity contribution in [2.75, 3.05) is 26.2 Å². The van der Waals surface area contributed by atoms with E-state index < -0.39 is 0 Å². The van der Waals surface area contributed by atoms with Crippen LogP contribution >= 0.6 is 0 Å². The summed E-state index contributed by atoms with van der Waals surface area (Å²) in [5, 5.41) is 8.86. The Morgan fingerprint density at radius 2 is 2.21 bits per heavy atom. The lowest BCUT2D eigenvalue weighted by Gasteiger charge is -2.37. The van der Waals surface area contributed by atoms with Crippen molar-refractivity contribution < 1.29 is 4.39 Å². The zero-order valence-corrected chi connectivity index (χ0v) is 11.0. The Bertz CT molecular complexity index is 509. The van der Waals surface area contributed by atoms with E-state index in [-0.39, 0.29) is 11.4 Å². The van der Waals surface area contributed by atoms with Gasteiger partial charge in [-0.2, -0.15) is 5.26 Å². The van der Waals surface area contributed by atoms with Crippen LogP contribution in [0.5, 0.6) is 0 Å². The van der Waals surface area contributed by atoms with Crippen molar-refractivity contribution in [3.05, 3.63) is 35.1 Å². The van der Waals surface area contributed by atoms with Crippen molar-refractivity contribution in [2.24, 2.45) is 0 Å². The first kappa shape index (κ1) is 12.6. The molecule has 1 unspecified atom stereocenters. The van der Waals surface area contributed by atoms with E-state index in [1.165, 1.54) is 25.5 Å². The molecule has 0 spiro atoms. The third-order valence-corrected chi connectivity index (χ3v) is 4.26. The summed E-state index contributed by atoms with van der Waals surface area (Å²) in [4.78, 5) is 4.85. The fourth-order valence-corrected chi connectivity index (χ4v) is 3.23. The molecule has 3 nitrogen and oxygen atoms in total. The molecule has 1 aromatic carbocycles. The zero-order valence-electron chi connectivity index (χ0n) is 11.0. The molecule has 2 heterocycles. The summed E-state index contributed by atoms with van der Waals surface area (Å²) in [6.07, 6.45) is 2.55. The van der Waals surface area contributed by atoms with Crippen LogP contribution in [0.1, 0.15) is 24.0 Å². The van der Waals surface area contributed by atoms with Crippen LogP contribution in [0.2, 0.25) is 0 Å². The van der Waals surface area contributed by atoms with Crippen LogP contribution in [-0.4, -0.2) is 42.0 Å². The molecule has 0 aliphatic carbocycles. The summed E-state index contributed by atoms with van der Waals surface area (Å²) in [7, 11) is 0. The van der Waals surface area contributed by atoms with Gasteiger partial charge in [0.1, 0.15) is 11.9 Å². The van der Waals surface area contributed by atoms with Crippen molar-refractivity contribution in [3.8, 4) is 6.07 Å². The highest BCUT2D eigenvalue weighted by Crippen LogP contribution is 2.23. The van der Waals surface area contributed by atoms with Crippen LogP contribution in [0, 0.1) is 17.1 Å². The van der Waals surface area contributed by atoms with Gasteiger partial charge in [0.05, 0.1) is 5.56 Å². The molecule has 0 radical (unpaired) electrons. The van der Waals surface area contributed by atoms with E-state index in [0.717, 1.165) is 19.6 Å². The summed E-state index contributed by atoms with van der Waals surface area (Å²) < 4.78 is 14.0. The van der Waals surface area contributed by atoms with Gasteiger partial charge in [0.15, 0.2) is 0 Å². The molecular weight excluding hydrogens is 241 g/mol. The van der Waals surface area contributed by atoms with Gasteiger partial charge in [-0.1, -0.05) is 12.1 Å². The maximum atomic E-state index is 14.0. The lowest BCUT2D eigenvalue weighted by atomic mass is 10.1. The second-order valence-corrected chi connectivity index (χ2v) is 5.46. The van der Waals surface area contributed by atoms with Crippen LogP contribution in [0.3, 0.4) is 0 Å². The number of hydrogen-bond donors (Lipinski definition) is 0. The fourth-order valence-electron chi connectivity index (χ4n) is 3.23. The molecule has 2 fully saturated rings. The summed E-state index contributed by atoms with van der Waals surface area (Å²) in [5.41, 5.74) is 0.794. The fraction of sp³-hybridized carbons (Fsp3) is 0.533. The molecule has 4 heteroatoms. The molecule has 3 rings (SSSR count). The van der Waals surface area contributed by atoms with Crippen LogP contribution in [0.25, 0.3) is 0 Å². The van der Waals surface area contributed by atoms with E-state index in [1.807, 2.05) is 6.07 Å². The van der Waals surface area contributed by atoms with Crippen LogP contribution in [0.4, 0.5) is 4.39 Å². The van der Waals surface area contributed by atoms with Gasteiger partial charge in [-0.3, -0.25) is 9.80 Å². The standard InChI is InChI=1S/C15H18FN3/c16-15-12(9-17)3-1-4-13(15)10-18-7-8-19-6-2-5-14(19)11-18/h1,3-4,14H,2,5-8,10-11H2. The number of rotatable bonds is 2. The van der Waals surface area contributed by atoms with Gasteiger partial charge in [-0.15, -0.1) is 0 Å². The highest BCUT2D eigenvalue weighted by molar-refractivity contribution is 5.34. The van der Waals surface area contributed by atoms with Gasteiger partial charge in [-0.25, -0.2) is 4.39 Å². The minimum Gasteiger partial charge on any atom is -0.298 e. The van der Waals surface area contributed by atoms with Gasteiger partial charge >= 0.3 is 0 Å². The summed E-state index contributed by atoms with van der Waals surface area (Å²) in [6, 6.07) is 7.65. The van der Waals surface area contributed by atoms with Gasteiger partial charge in [0.25, 0.3) is 0 Å². The van der Waals surface area contributed by atoms with Crippen molar-refractivity contribution in [2.45, 2.75) is 25.4 Å². The molecule has 2 aliphatic heterocycles. The molecule has 2 saturated heterocycles. The highest BCUT2D eigenvalue weighted by atomic mass is 19.1. The average molecular weight is 259 g/mol. The van der Waals surface area contributed by atoms with Crippen LogP contribution in [0.15, 0.2) is 18.2 Å². The minimum absolute atomic E-state index is 0.150. The topological polar surface area (TPSA) is 30.3 Å². The van der Waals surface area contributed by atoms with Crippen LogP contribution in [-0.2, 0) is 6.54 Å². The summed E-state index contributed by atoms with van der Waals surface area (Å²) >= 11 is 0. The molecule has 0 saturated carbocycles. The molecule has 19 heavy (non-hydrogen) atoms. The maximum absolute atomic E-state index is 14.0. The third kappa shape index (κ3) is 2.49. The van der Waals surface area contributed by atoms with Crippen molar-refractivity contribution >= 4 is 0 Å². The molecule has 2 aliphatic rings. The van der Waals surface area contributed by atoms with E-state index in [4.69, 9.17) is 5.26 Å². The number of benzene rings is 1. The number of halogens is 1. The lowest BCUT2D eigenvalue weighted by molar-refractivity contribution is 0.0985. The molecule has 1 aromatic rings. The predicted octanol–water partition coefficient (Wildman–Crippen LogP) is 1.98. The van der Waals surface area contributed by atoms with Gasteiger partial charge in [-0.05, 0) is 25.5 Å². The first-order valence-corrected chi connectivity index (χ1v) is 6.92. The zero-order chi connectivity index (χ0) is 13.2. The van der Waals surface area contributed by atoms with Gasteiger partial charge in [0, 0.05) is 37.8 Å². The molecule has 0 bridgehead atoms. The summed E-state index contributed by atoms with van der Waals surface area (Å²) in [5.74, 6) is -0.348. The van der Waals surface area contributed by atoms with Crippen molar-refractivity contribution in [1.29, 1.82) is 5.26 Å². The minimum atomic E-state index is -0.348. The van der Waals surface area contributed by atoms with E-state index in [2.05, 4.69) is 9.80 Å². The van der Waals surface area contributed by atoms with E-state index in [1.54, 1.807) is 12.1 Å².